The fourth-order valence-corrected chi connectivity index (χ4v) is 6.10. The van der Waals surface area contributed by atoms with E-state index in [0.29, 0.717) is 18.0 Å². The van der Waals surface area contributed by atoms with Crippen molar-refractivity contribution in [2.45, 2.75) is 24.7 Å². The van der Waals surface area contributed by atoms with Crippen LogP contribution in [0.1, 0.15) is 19.8 Å². The molecule has 0 amide bonds. The molecule has 34 heavy (non-hydrogen) atoms. The van der Waals surface area contributed by atoms with E-state index in [1.807, 2.05) is 36.4 Å². The van der Waals surface area contributed by atoms with Gasteiger partial charge in [-0.2, -0.15) is 0 Å². The van der Waals surface area contributed by atoms with Crippen LogP contribution in [0.25, 0.3) is 11.1 Å². The molecular formula is C27H31FN2O3S. The maximum Gasteiger partial charge on any atom is 0.264 e. The third-order valence-corrected chi connectivity index (χ3v) is 8.30. The first-order valence-electron chi connectivity index (χ1n) is 11.7. The molecule has 0 N–H and O–H groups in total. The second kappa shape index (κ2) is 10.6. The Bertz CT molecular complexity index is 1210. The SMILES string of the molecule is CCN1CCC(CN(c2ccc(OC)cc2-c2ccccc2)S(=O)(=O)c2cccc(F)c2)CC1. The Morgan fingerprint density at radius 2 is 1.74 bits per heavy atom. The van der Waals surface area contributed by atoms with Crippen molar-refractivity contribution in [3.05, 3.63) is 78.6 Å². The number of benzene rings is 3. The summed E-state index contributed by atoms with van der Waals surface area (Å²) in [6.07, 6.45) is 1.83. The number of nitrogens with zero attached hydrogens (tertiary/aromatic N) is 2. The second-order valence-corrected chi connectivity index (χ2v) is 10.5. The fourth-order valence-electron chi connectivity index (χ4n) is 4.51. The first-order chi connectivity index (χ1) is 16.4. The predicted octanol–water partition coefficient (Wildman–Crippen LogP) is 5.43. The average Bonchev–Trinajstić information content (AvgIpc) is 2.88. The van der Waals surface area contributed by atoms with Crippen LogP contribution >= 0.6 is 0 Å². The fraction of sp³-hybridized carbons (Fsp3) is 0.333. The number of hydrogen-bond donors (Lipinski definition) is 0. The number of likely N-dealkylation sites (tertiary alicyclic amines) is 1. The van der Waals surface area contributed by atoms with E-state index in [4.69, 9.17) is 4.74 Å². The monoisotopic (exact) mass is 482 g/mol. The molecule has 1 heterocycles. The van der Waals surface area contributed by atoms with Crippen LogP contribution in [0.4, 0.5) is 10.1 Å². The van der Waals surface area contributed by atoms with E-state index < -0.39 is 15.8 Å². The molecule has 0 saturated carbocycles. The average molecular weight is 483 g/mol. The van der Waals surface area contributed by atoms with E-state index in [0.717, 1.165) is 49.7 Å². The van der Waals surface area contributed by atoms with Gasteiger partial charge in [0.1, 0.15) is 11.6 Å². The van der Waals surface area contributed by atoms with Gasteiger partial charge in [0.2, 0.25) is 0 Å². The van der Waals surface area contributed by atoms with Gasteiger partial charge in [-0.1, -0.05) is 43.3 Å². The summed E-state index contributed by atoms with van der Waals surface area (Å²) in [6.45, 7) is 5.37. The topological polar surface area (TPSA) is 49.9 Å². The minimum atomic E-state index is -4.01. The number of halogens is 1. The van der Waals surface area contributed by atoms with Crippen molar-refractivity contribution in [3.63, 3.8) is 0 Å². The molecule has 1 saturated heterocycles. The molecule has 1 aliphatic rings. The number of rotatable bonds is 8. The Labute approximate surface area is 201 Å². The van der Waals surface area contributed by atoms with E-state index in [1.165, 1.54) is 22.5 Å². The quantitative estimate of drug-likeness (QED) is 0.430. The smallest absolute Gasteiger partial charge is 0.264 e. The largest absolute Gasteiger partial charge is 0.497 e. The molecule has 0 radical (unpaired) electrons. The molecule has 7 heteroatoms. The minimum Gasteiger partial charge on any atom is -0.497 e. The summed E-state index contributed by atoms with van der Waals surface area (Å²) in [5.41, 5.74) is 2.21. The molecule has 3 aromatic carbocycles. The van der Waals surface area contributed by atoms with Crippen molar-refractivity contribution in [3.8, 4) is 16.9 Å². The molecule has 4 rings (SSSR count). The molecule has 0 atom stereocenters. The Morgan fingerprint density at radius 1 is 1.00 bits per heavy atom. The zero-order chi connectivity index (χ0) is 24.1. The summed E-state index contributed by atoms with van der Waals surface area (Å²) in [6, 6.07) is 20.3. The number of ether oxygens (including phenoxy) is 1. The Kier molecular flexibility index (Phi) is 7.54. The number of piperidine rings is 1. The molecular weight excluding hydrogens is 451 g/mol. The van der Waals surface area contributed by atoms with E-state index in [9.17, 15) is 12.8 Å². The summed E-state index contributed by atoms with van der Waals surface area (Å²) in [5, 5.41) is 0. The molecule has 0 aliphatic carbocycles. The van der Waals surface area contributed by atoms with Gasteiger partial charge in [0, 0.05) is 12.1 Å². The van der Waals surface area contributed by atoms with E-state index in [1.54, 1.807) is 19.2 Å². The predicted molar refractivity (Wildman–Crippen MR) is 134 cm³/mol. The lowest BCUT2D eigenvalue weighted by Crippen LogP contribution is -2.41. The van der Waals surface area contributed by atoms with Crippen LogP contribution in [0.2, 0.25) is 0 Å². The summed E-state index contributed by atoms with van der Waals surface area (Å²) < 4.78 is 48.8. The standard InChI is InChI=1S/C27H31FN2O3S/c1-3-29-16-14-21(15-17-29)20-30(34(31,32)25-11-7-10-23(28)18-25)27-13-12-24(33-2)19-26(27)22-8-5-4-6-9-22/h4-13,18-19,21H,3,14-17,20H2,1-2H3. The van der Waals surface area contributed by atoms with Crippen molar-refractivity contribution >= 4 is 15.7 Å². The number of anilines is 1. The molecule has 0 unspecified atom stereocenters. The minimum absolute atomic E-state index is 0.0478. The van der Waals surface area contributed by atoms with Crippen LogP contribution < -0.4 is 9.04 Å². The summed E-state index contributed by atoms with van der Waals surface area (Å²) in [4.78, 5) is 2.33. The summed E-state index contributed by atoms with van der Waals surface area (Å²) >= 11 is 0. The van der Waals surface area contributed by atoms with Gasteiger partial charge >= 0.3 is 0 Å². The first kappa shape index (κ1) is 24.2. The molecule has 0 bridgehead atoms. The molecule has 3 aromatic rings. The van der Waals surface area contributed by atoms with Crippen LogP contribution in [0, 0.1) is 11.7 Å². The third kappa shape index (κ3) is 5.26. The van der Waals surface area contributed by atoms with Gasteiger partial charge in [0.25, 0.3) is 10.0 Å². The van der Waals surface area contributed by atoms with Crippen LogP contribution in [0.3, 0.4) is 0 Å². The molecule has 0 spiro atoms. The van der Waals surface area contributed by atoms with Crippen molar-refractivity contribution in [2.24, 2.45) is 5.92 Å². The zero-order valence-corrected chi connectivity index (χ0v) is 20.5. The Hall–Kier alpha value is -2.90. The van der Waals surface area contributed by atoms with E-state index in [2.05, 4.69) is 11.8 Å². The highest BCUT2D eigenvalue weighted by Crippen LogP contribution is 2.38. The molecule has 1 aliphatic heterocycles. The highest BCUT2D eigenvalue weighted by atomic mass is 32.2. The third-order valence-electron chi connectivity index (χ3n) is 6.52. The van der Waals surface area contributed by atoms with Crippen LogP contribution in [0.15, 0.2) is 77.7 Å². The van der Waals surface area contributed by atoms with Crippen LogP contribution in [0.5, 0.6) is 5.75 Å². The number of sulfonamides is 1. The Morgan fingerprint density at radius 3 is 2.38 bits per heavy atom. The second-order valence-electron chi connectivity index (χ2n) is 8.62. The lowest BCUT2D eigenvalue weighted by molar-refractivity contribution is 0.196. The van der Waals surface area contributed by atoms with Gasteiger partial charge in [-0.3, -0.25) is 4.31 Å². The summed E-state index contributed by atoms with van der Waals surface area (Å²) in [5.74, 6) is 0.272. The highest BCUT2D eigenvalue weighted by Gasteiger charge is 2.31. The molecule has 5 nitrogen and oxygen atoms in total. The summed E-state index contributed by atoms with van der Waals surface area (Å²) in [7, 11) is -2.42. The zero-order valence-electron chi connectivity index (χ0n) is 19.7. The Balaban J connectivity index is 1.82. The van der Waals surface area contributed by atoms with Crippen molar-refractivity contribution in [1.82, 2.24) is 4.90 Å². The van der Waals surface area contributed by atoms with Crippen molar-refractivity contribution in [2.75, 3.05) is 37.6 Å². The maximum atomic E-state index is 14.0. The van der Waals surface area contributed by atoms with Gasteiger partial charge in [0.15, 0.2) is 0 Å². The molecule has 0 aromatic heterocycles. The van der Waals surface area contributed by atoms with Gasteiger partial charge < -0.3 is 9.64 Å². The van der Waals surface area contributed by atoms with E-state index >= 15 is 0 Å². The van der Waals surface area contributed by atoms with Crippen molar-refractivity contribution in [1.29, 1.82) is 0 Å². The number of hydrogen-bond acceptors (Lipinski definition) is 4. The van der Waals surface area contributed by atoms with Crippen LogP contribution in [-0.4, -0.2) is 46.6 Å². The lowest BCUT2D eigenvalue weighted by Gasteiger charge is -2.35. The lowest BCUT2D eigenvalue weighted by atomic mass is 9.96. The number of methoxy groups -OCH3 is 1. The van der Waals surface area contributed by atoms with Gasteiger partial charge in [0.05, 0.1) is 17.7 Å². The first-order valence-corrected chi connectivity index (χ1v) is 13.1. The van der Waals surface area contributed by atoms with Gasteiger partial charge in [-0.05, 0) is 80.4 Å². The highest BCUT2D eigenvalue weighted by molar-refractivity contribution is 7.92. The van der Waals surface area contributed by atoms with Crippen molar-refractivity contribution < 1.29 is 17.5 Å². The van der Waals surface area contributed by atoms with Gasteiger partial charge in [-0.25, -0.2) is 12.8 Å². The molecule has 1 fully saturated rings. The molecule has 180 valence electrons. The van der Waals surface area contributed by atoms with Gasteiger partial charge in [-0.15, -0.1) is 0 Å². The maximum absolute atomic E-state index is 14.0. The van der Waals surface area contributed by atoms with E-state index in [-0.39, 0.29) is 10.8 Å². The normalized spacial score (nSPS) is 15.3. The van der Waals surface area contributed by atoms with Crippen LogP contribution in [-0.2, 0) is 10.0 Å².